The van der Waals surface area contributed by atoms with E-state index in [1.165, 1.54) is 31.4 Å². The molecule has 1 fully saturated rings. The molecule has 25 heavy (non-hydrogen) atoms. The first kappa shape index (κ1) is 20.0. The Morgan fingerprint density at radius 3 is 2.92 bits per heavy atom. The van der Waals surface area contributed by atoms with Crippen LogP contribution in [0.4, 0.5) is 0 Å². The summed E-state index contributed by atoms with van der Waals surface area (Å²) < 4.78 is 0. The van der Waals surface area contributed by atoms with Crippen LogP contribution in [0.25, 0.3) is 0 Å². The SMILES string of the molecule is CCNC(=NCC(C)N1CCCCC1C)NCCc1ccc(Cl)nc1. The first-order valence-corrected chi connectivity index (χ1v) is 9.86. The minimum Gasteiger partial charge on any atom is -0.357 e. The number of pyridine rings is 1. The zero-order valence-electron chi connectivity index (χ0n) is 15.8. The van der Waals surface area contributed by atoms with Crippen molar-refractivity contribution in [2.45, 2.75) is 58.5 Å². The topological polar surface area (TPSA) is 52.6 Å². The van der Waals surface area contributed by atoms with Crippen molar-refractivity contribution in [3.8, 4) is 0 Å². The van der Waals surface area contributed by atoms with Crippen molar-refractivity contribution >= 4 is 17.6 Å². The Labute approximate surface area is 157 Å². The van der Waals surface area contributed by atoms with E-state index in [1.54, 1.807) is 0 Å². The van der Waals surface area contributed by atoms with Gasteiger partial charge in [-0.15, -0.1) is 0 Å². The highest BCUT2D eigenvalue weighted by Crippen LogP contribution is 2.19. The second-order valence-electron chi connectivity index (χ2n) is 6.82. The number of likely N-dealkylation sites (tertiary alicyclic amines) is 1. The number of piperidine rings is 1. The second kappa shape index (κ2) is 10.6. The molecule has 2 unspecified atom stereocenters. The molecule has 1 aromatic rings. The predicted octanol–water partition coefficient (Wildman–Crippen LogP) is 3.10. The van der Waals surface area contributed by atoms with Gasteiger partial charge in [-0.1, -0.05) is 24.1 Å². The van der Waals surface area contributed by atoms with E-state index in [0.29, 0.717) is 17.2 Å². The van der Waals surface area contributed by atoms with Crippen molar-refractivity contribution in [1.82, 2.24) is 20.5 Å². The van der Waals surface area contributed by atoms with E-state index in [2.05, 4.69) is 41.3 Å². The summed E-state index contributed by atoms with van der Waals surface area (Å²) in [6.45, 7) is 10.4. The number of aliphatic imine (C=N–C) groups is 1. The van der Waals surface area contributed by atoms with Gasteiger partial charge in [0.15, 0.2) is 5.96 Å². The molecule has 140 valence electrons. The van der Waals surface area contributed by atoms with Crippen LogP contribution in [0.3, 0.4) is 0 Å². The monoisotopic (exact) mass is 365 g/mol. The summed E-state index contributed by atoms with van der Waals surface area (Å²) in [6, 6.07) is 5.00. The molecule has 1 aliphatic rings. The van der Waals surface area contributed by atoms with Gasteiger partial charge in [0.25, 0.3) is 0 Å². The molecule has 2 heterocycles. The van der Waals surface area contributed by atoms with E-state index in [0.717, 1.165) is 32.0 Å². The van der Waals surface area contributed by atoms with Gasteiger partial charge in [-0.05, 0) is 58.2 Å². The number of aromatic nitrogens is 1. The number of nitrogens with one attached hydrogen (secondary N) is 2. The zero-order chi connectivity index (χ0) is 18.1. The van der Waals surface area contributed by atoms with Crippen LogP contribution >= 0.6 is 11.6 Å². The molecule has 5 nitrogen and oxygen atoms in total. The van der Waals surface area contributed by atoms with Gasteiger partial charge in [-0.25, -0.2) is 4.98 Å². The lowest BCUT2D eigenvalue weighted by Gasteiger charge is -2.37. The van der Waals surface area contributed by atoms with Gasteiger partial charge in [0.2, 0.25) is 0 Å². The van der Waals surface area contributed by atoms with Crippen LogP contribution in [-0.2, 0) is 6.42 Å². The number of hydrogen-bond acceptors (Lipinski definition) is 3. The fourth-order valence-corrected chi connectivity index (χ4v) is 3.44. The minimum absolute atomic E-state index is 0.478. The van der Waals surface area contributed by atoms with Crippen molar-refractivity contribution in [3.63, 3.8) is 0 Å². The highest BCUT2D eigenvalue weighted by Gasteiger charge is 2.22. The van der Waals surface area contributed by atoms with Crippen molar-refractivity contribution < 1.29 is 0 Å². The Morgan fingerprint density at radius 1 is 1.40 bits per heavy atom. The molecular weight excluding hydrogens is 334 g/mol. The third kappa shape index (κ3) is 6.83. The summed E-state index contributed by atoms with van der Waals surface area (Å²) in [4.78, 5) is 11.5. The number of guanidine groups is 1. The maximum atomic E-state index is 5.82. The molecule has 6 heteroatoms. The average molecular weight is 366 g/mol. The van der Waals surface area contributed by atoms with Gasteiger partial charge in [-0.2, -0.15) is 0 Å². The van der Waals surface area contributed by atoms with Crippen LogP contribution in [0.5, 0.6) is 0 Å². The van der Waals surface area contributed by atoms with Crippen molar-refractivity contribution in [3.05, 3.63) is 29.0 Å². The van der Waals surface area contributed by atoms with E-state index >= 15 is 0 Å². The fourth-order valence-electron chi connectivity index (χ4n) is 3.32. The summed E-state index contributed by atoms with van der Waals surface area (Å²) in [5.74, 6) is 0.890. The van der Waals surface area contributed by atoms with Crippen LogP contribution in [0.15, 0.2) is 23.3 Å². The van der Waals surface area contributed by atoms with Crippen LogP contribution in [0.2, 0.25) is 5.15 Å². The summed E-state index contributed by atoms with van der Waals surface area (Å²) in [5, 5.41) is 7.28. The fraction of sp³-hybridized carbons (Fsp3) is 0.684. The molecular formula is C19H32ClN5. The van der Waals surface area contributed by atoms with E-state index < -0.39 is 0 Å². The first-order valence-electron chi connectivity index (χ1n) is 9.48. The normalized spacial score (nSPS) is 20.3. The van der Waals surface area contributed by atoms with Gasteiger partial charge in [0.05, 0.1) is 6.54 Å². The Bertz CT molecular complexity index is 531. The molecule has 0 aromatic carbocycles. The molecule has 1 aliphatic heterocycles. The number of hydrogen-bond donors (Lipinski definition) is 2. The molecule has 0 amide bonds. The predicted molar refractivity (Wildman–Crippen MR) is 106 cm³/mol. The van der Waals surface area contributed by atoms with Crippen LogP contribution in [0.1, 0.15) is 45.6 Å². The zero-order valence-corrected chi connectivity index (χ0v) is 16.5. The van der Waals surface area contributed by atoms with Crippen molar-refractivity contribution in [1.29, 1.82) is 0 Å². The molecule has 0 saturated carbocycles. The molecule has 1 saturated heterocycles. The third-order valence-electron chi connectivity index (χ3n) is 4.77. The van der Waals surface area contributed by atoms with Crippen molar-refractivity contribution in [2.75, 3.05) is 26.2 Å². The standard InChI is InChI=1S/C19H32ClN5/c1-4-21-19(22-11-10-17-8-9-18(20)23-14-17)24-13-16(3)25-12-6-5-7-15(25)2/h8-9,14-16H,4-7,10-13H2,1-3H3,(H2,21,22,24). The largest absolute Gasteiger partial charge is 0.357 e. The lowest BCUT2D eigenvalue weighted by Crippen LogP contribution is -2.45. The van der Waals surface area contributed by atoms with E-state index in [9.17, 15) is 0 Å². The third-order valence-corrected chi connectivity index (χ3v) is 5.00. The lowest BCUT2D eigenvalue weighted by atomic mass is 10.0. The first-order chi connectivity index (χ1) is 12.1. The van der Waals surface area contributed by atoms with Gasteiger partial charge in [0, 0.05) is 31.4 Å². The Balaban J connectivity index is 1.81. The highest BCUT2D eigenvalue weighted by molar-refractivity contribution is 6.29. The minimum atomic E-state index is 0.478. The molecule has 0 spiro atoms. The molecule has 0 aliphatic carbocycles. The molecule has 0 radical (unpaired) electrons. The number of nitrogens with zero attached hydrogens (tertiary/aromatic N) is 3. The van der Waals surface area contributed by atoms with Gasteiger partial charge in [0.1, 0.15) is 5.15 Å². The maximum Gasteiger partial charge on any atom is 0.191 e. The smallest absolute Gasteiger partial charge is 0.191 e. The summed E-state index contributed by atoms with van der Waals surface area (Å²) >= 11 is 5.82. The summed E-state index contributed by atoms with van der Waals surface area (Å²) in [7, 11) is 0. The molecule has 1 aromatic heterocycles. The van der Waals surface area contributed by atoms with Crippen molar-refractivity contribution in [2.24, 2.45) is 4.99 Å². The quantitative estimate of drug-likeness (QED) is 0.443. The molecule has 2 atom stereocenters. The second-order valence-corrected chi connectivity index (χ2v) is 7.20. The summed E-state index contributed by atoms with van der Waals surface area (Å²) in [6.07, 6.45) is 6.70. The highest BCUT2D eigenvalue weighted by atomic mass is 35.5. The summed E-state index contributed by atoms with van der Waals surface area (Å²) in [5.41, 5.74) is 1.17. The number of halogens is 1. The lowest BCUT2D eigenvalue weighted by molar-refractivity contribution is 0.118. The van der Waals surface area contributed by atoms with Crippen LogP contribution in [-0.4, -0.2) is 54.1 Å². The van der Waals surface area contributed by atoms with Crippen LogP contribution < -0.4 is 10.6 Å². The van der Waals surface area contributed by atoms with Gasteiger partial charge < -0.3 is 10.6 Å². The molecule has 2 N–H and O–H groups in total. The number of rotatable bonds is 7. The van der Waals surface area contributed by atoms with E-state index in [-0.39, 0.29) is 0 Å². The maximum absolute atomic E-state index is 5.82. The Morgan fingerprint density at radius 2 is 2.24 bits per heavy atom. The van der Waals surface area contributed by atoms with Gasteiger partial charge >= 0.3 is 0 Å². The Hall–Kier alpha value is -1.33. The van der Waals surface area contributed by atoms with Crippen LogP contribution in [0, 0.1) is 0 Å². The Kier molecular flexibility index (Phi) is 8.49. The van der Waals surface area contributed by atoms with E-state index in [1.807, 2.05) is 18.3 Å². The van der Waals surface area contributed by atoms with Gasteiger partial charge in [-0.3, -0.25) is 9.89 Å². The average Bonchev–Trinajstić information content (AvgIpc) is 2.61. The molecule has 2 rings (SSSR count). The van der Waals surface area contributed by atoms with E-state index in [4.69, 9.17) is 16.6 Å². The molecule has 0 bridgehead atoms.